The first-order valence-corrected chi connectivity index (χ1v) is 10.0. The number of hydrogen-bond acceptors (Lipinski definition) is 3. The molecule has 2 aromatic carbocycles. The Balaban J connectivity index is 1.23. The lowest BCUT2D eigenvalue weighted by Crippen LogP contribution is -2.14. The number of anilines is 1. The quantitative estimate of drug-likeness (QED) is 0.477. The summed E-state index contributed by atoms with van der Waals surface area (Å²) >= 11 is 0. The Morgan fingerprint density at radius 1 is 1.00 bits per heavy atom. The second-order valence-corrected chi connectivity index (χ2v) is 7.72. The second kappa shape index (κ2) is 7.67. The summed E-state index contributed by atoms with van der Waals surface area (Å²) in [7, 11) is 0. The van der Waals surface area contributed by atoms with Gasteiger partial charge in [0.05, 0.1) is 0 Å². The van der Waals surface area contributed by atoms with E-state index in [1.807, 2.05) is 18.2 Å². The molecule has 0 bridgehead atoms. The van der Waals surface area contributed by atoms with Gasteiger partial charge in [-0.15, -0.1) is 0 Å². The number of pyridine rings is 2. The minimum atomic E-state index is -0.501. The first-order valence-electron chi connectivity index (χ1n) is 10.0. The molecule has 2 heterocycles. The zero-order chi connectivity index (χ0) is 20.5. The highest BCUT2D eigenvalue weighted by atomic mass is 19.1. The molecule has 1 amide bonds. The molecule has 1 aliphatic carbocycles. The Kier molecular flexibility index (Phi) is 4.71. The highest BCUT2D eigenvalue weighted by molar-refractivity contribution is 5.97. The monoisotopic (exact) mass is 397 g/mol. The van der Waals surface area contributed by atoms with Crippen LogP contribution in [0, 0.1) is 11.9 Å². The van der Waals surface area contributed by atoms with Crippen LogP contribution in [0.15, 0.2) is 79.1 Å². The van der Waals surface area contributed by atoms with E-state index in [0.717, 1.165) is 23.9 Å². The molecule has 1 saturated carbocycles. The zero-order valence-electron chi connectivity index (χ0n) is 16.3. The van der Waals surface area contributed by atoms with E-state index in [9.17, 15) is 9.18 Å². The highest BCUT2D eigenvalue weighted by Crippen LogP contribution is 2.48. The molecular weight excluding hydrogens is 377 g/mol. The van der Waals surface area contributed by atoms with E-state index in [0.29, 0.717) is 11.1 Å². The van der Waals surface area contributed by atoms with Gasteiger partial charge in [-0.3, -0.25) is 9.78 Å². The standard InChI is InChI=1S/C25H20FN3O/c26-24-21-9-8-20(14-18(21)10-12-28-24)29-25(30)23-15-22(23)17-6-4-16(5-7-17)13-19-3-1-2-11-27-19/h1-12,14,22-23H,13,15H2,(H,29,30)/t22-,23+/m0/s1. The molecule has 0 unspecified atom stereocenters. The van der Waals surface area contributed by atoms with E-state index in [4.69, 9.17) is 0 Å². The molecule has 1 fully saturated rings. The summed E-state index contributed by atoms with van der Waals surface area (Å²) < 4.78 is 13.7. The average molecular weight is 397 g/mol. The van der Waals surface area contributed by atoms with Gasteiger partial charge in [-0.05, 0) is 65.3 Å². The van der Waals surface area contributed by atoms with Gasteiger partial charge in [0.2, 0.25) is 11.9 Å². The van der Waals surface area contributed by atoms with Crippen molar-refractivity contribution in [3.8, 4) is 0 Å². The van der Waals surface area contributed by atoms with Gasteiger partial charge in [0.1, 0.15) is 0 Å². The van der Waals surface area contributed by atoms with Crippen LogP contribution < -0.4 is 5.32 Å². The van der Waals surface area contributed by atoms with Gasteiger partial charge in [-0.1, -0.05) is 30.3 Å². The fourth-order valence-electron chi connectivity index (χ4n) is 3.90. The van der Waals surface area contributed by atoms with Gasteiger partial charge < -0.3 is 5.32 Å². The number of rotatable bonds is 5. The van der Waals surface area contributed by atoms with Crippen LogP contribution in [0.1, 0.15) is 29.2 Å². The minimum absolute atomic E-state index is 0.00596. The first kappa shape index (κ1) is 18.4. The van der Waals surface area contributed by atoms with Crippen molar-refractivity contribution < 1.29 is 9.18 Å². The van der Waals surface area contributed by atoms with Crippen molar-refractivity contribution in [3.63, 3.8) is 0 Å². The van der Waals surface area contributed by atoms with Crippen LogP contribution in [-0.2, 0) is 11.2 Å². The highest BCUT2D eigenvalue weighted by Gasteiger charge is 2.43. The van der Waals surface area contributed by atoms with E-state index in [-0.39, 0.29) is 17.7 Å². The molecule has 5 rings (SSSR count). The second-order valence-electron chi connectivity index (χ2n) is 7.72. The maximum absolute atomic E-state index is 13.7. The molecule has 2 aromatic heterocycles. The summed E-state index contributed by atoms with van der Waals surface area (Å²) in [6, 6.07) is 21.3. The van der Waals surface area contributed by atoms with Gasteiger partial charge in [-0.2, -0.15) is 4.39 Å². The predicted molar refractivity (Wildman–Crippen MR) is 115 cm³/mol. The summed E-state index contributed by atoms with van der Waals surface area (Å²) in [5.41, 5.74) is 4.11. The molecule has 0 saturated heterocycles. The smallest absolute Gasteiger partial charge is 0.228 e. The van der Waals surface area contributed by atoms with Crippen molar-refractivity contribution >= 4 is 22.4 Å². The van der Waals surface area contributed by atoms with Crippen molar-refractivity contribution in [1.29, 1.82) is 0 Å². The molecular formula is C25H20FN3O. The third-order valence-electron chi connectivity index (χ3n) is 5.63. The van der Waals surface area contributed by atoms with E-state index in [2.05, 4.69) is 39.6 Å². The topological polar surface area (TPSA) is 54.9 Å². The van der Waals surface area contributed by atoms with Crippen molar-refractivity contribution in [2.45, 2.75) is 18.8 Å². The van der Waals surface area contributed by atoms with Crippen LogP contribution >= 0.6 is 0 Å². The van der Waals surface area contributed by atoms with Crippen LogP contribution in [0.5, 0.6) is 0 Å². The van der Waals surface area contributed by atoms with Crippen molar-refractivity contribution in [2.24, 2.45) is 5.92 Å². The molecule has 0 aliphatic heterocycles. The molecule has 1 aliphatic rings. The SMILES string of the molecule is O=C(Nc1ccc2c(F)nccc2c1)[C@@H]1C[C@H]1c1ccc(Cc2ccccn2)cc1. The Labute approximate surface area is 173 Å². The summed E-state index contributed by atoms with van der Waals surface area (Å²) in [5.74, 6) is -0.280. The predicted octanol–water partition coefficient (Wildman–Crippen LogP) is 5.10. The fourth-order valence-corrected chi connectivity index (χ4v) is 3.90. The summed E-state index contributed by atoms with van der Waals surface area (Å²) in [4.78, 5) is 20.7. The Morgan fingerprint density at radius 2 is 1.87 bits per heavy atom. The number of hydrogen-bond donors (Lipinski definition) is 1. The lowest BCUT2D eigenvalue weighted by atomic mass is 10.0. The van der Waals surface area contributed by atoms with Crippen LogP contribution in [-0.4, -0.2) is 15.9 Å². The number of carbonyl (C=O) groups is 1. The van der Waals surface area contributed by atoms with E-state index >= 15 is 0 Å². The number of nitrogens with one attached hydrogen (secondary N) is 1. The van der Waals surface area contributed by atoms with Crippen LogP contribution in [0.25, 0.3) is 10.8 Å². The molecule has 4 aromatic rings. The van der Waals surface area contributed by atoms with Crippen LogP contribution in [0.2, 0.25) is 0 Å². The number of amides is 1. The number of carbonyl (C=O) groups excluding carboxylic acids is 1. The van der Waals surface area contributed by atoms with E-state index < -0.39 is 5.95 Å². The fraction of sp³-hybridized carbons (Fsp3) is 0.160. The lowest BCUT2D eigenvalue weighted by molar-refractivity contribution is -0.117. The van der Waals surface area contributed by atoms with Crippen molar-refractivity contribution in [1.82, 2.24) is 9.97 Å². The Hall–Kier alpha value is -3.60. The summed E-state index contributed by atoms with van der Waals surface area (Å²) in [5, 5.41) is 4.14. The lowest BCUT2D eigenvalue weighted by Gasteiger charge is -2.07. The van der Waals surface area contributed by atoms with Gasteiger partial charge in [0.25, 0.3) is 0 Å². The van der Waals surface area contributed by atoms with E-state index in [1.165, 1.54) is 17.3 Å². The van der Waals surface area contributed by atoms with Crippen molar-refractivity contribution in [3.05, 3.63) is 102 Å². The Bertz CT molecular complexity index is 1210. The summed E-state index contributed by atoms with van der Waals surface area (Å²) in [6.07, 6.45) is 4.88. The zero-order valence-corrected chi connectivity index (χ0v) is 16.3. The number of nitrogens with zero attached hydrogens (tertiary/aromatic N) is 2. The van der Waals surface area contributed by atoms with Crippen LogP contribution in [0.4, 0.5) is 10.1 Å². The van der Waals surface area contributed by atoms with Crippen molar-refractivity contribution in [2.75, 3.05) is 5.32 Å². The molecule has 0 spiro atoms. The number of fused-ring (bicyclic) bond motifs is 1. The third-order valence-corrected chi connectivity index (χ3v) is 5.63. The van der Waals surface area contributed by atoms with Gasteiger partial charge in [0, 0.05) is 41.5 Å². The molecule has 4 nitrogen and oxygen atoms in total. The number of benzene rings is 2. The van der Waals surface area contributed by atoms with Crippen LogP contribution in [0.3, 0.4) is 0 Å². The maximum Gasteiger partial charge on any atom is 0.228 e. The number of halogens is 1. The first-order chi connectivity index (χ1) is 14.7. The van der Waals surface area contributed by atoms with Gasteiger partial charge in [0.15, 0.2) is 0 Å². The molecule has 2 atom stereocenters. The molecule has 148 valence electrons. The minimum Gasteiger partial charge on any atom is -0.326 e. The largest absolute Gasteiger partial charge is 0.326 e. The van der Waals surface area contributed by atoms with E-state index in [1.54, 1.807) is 30.5 Å². The van der Waals surface area contributed by atoms with Gasteiger partial charge in [-0.25, -0.2) is 4.98 Å². The van der Waals surface area contributed by atoms with Gasteiger partial charge >= 0.3 is 0 Å². The molecule has 0 radical (unpaired) electrons. The molecule has 5 heteroatoms. The molecule has 30 heavy (non-hydrogen) atoms. The molecule has 1 N–H and O–H groups in total. The summed E-state index contributed by atoms with van der Waals surface area (Å²) in [6.45, 7) is 0. The maximum atomic E-state index is 13.7. The number of aromatic nitrogens is 2. The Morgan fingerprint density at radius 3 is 2.67 bits per heavy atom. The average Bonchev–Trinajstić information content (AvgIpc) is 3.56. The normalized spacial score (nSPS) is 17.6. The third kappa shape index (κ3) is 3.79.